The number of hydrogen-bond donors (Lipinski definition) is 1. The molecule has 1 amide bonds. The van der Waals surface area contributed by atoms with E-state index in [9.17, 15) is 13.6 Å². The summed E-state index contributed by atoms with van der Waals surface area (Å²) >= 11 is 2.70. The van der Waals surface area contributed by atoms with E-state index in [0.29, 0.717) is 17.5 Å². The minimum Gasteiger partial charge on any atom is -0.467 e. The molecule has 0 aliphatic rings. The van der Waals surface area contributed by atoms with Crippen molar-refractivity contribution in [3.8, 4) is 10.7 Å². The van der Waals surface area contributed by atoms with Crippen LogP contribution in [0.4, 0.5) is 14.5 Å². The number of carbonyl (C=O) groups is 1. The van der Waals surface area contributed by atoms with Gasteiger partial charge in [-0.05, 0) is 35.7 Å². The first kappa shape index (κ1) is 19.3. The first-order valence-corrected chi connectivity index (χ1v) is 10.3. The van der Waals surface area contributed by atoms with E-state index < -0.39 is 17.5 Å². The SMILES string of the molecule is O=C(CSc1nnc(-c2cccs2)n1Cc1ccco1)Nc1ccc(F)cc1F. The van der Waals surface area contributed by atoms with Crippen LogP contribution in [-0.4, -0.2) is 26.4 Å². The standard InChI is InChI=1S/C19H14F2N4O2S2/c20-12-5-6-15(14(21)9-12)22-17(26)11-29-19-24-23-18(16-4-2-8-28-16)25(19)10-13-3-1-7-27-13/h1-9H,10-11H2,(H,22,26). The first-order chi connectivity index (χ1) is 14.1. The van der Waals surface area contributed by atoms with Crippen LogP contribution in [0.2, 0.25) is 0 Å². The summed E-state index contributed by atoms with van der Waals surface area (Å²) < 4.78 is 34.0. The van der Waals surface area contributed by atoms with E-state index in [-0.39, 0.29) is 11.4 Å². The van der Waals surface area contributed by atoms with Crippen molar-refractivity contribution >= 4 is 34.7 Å². The lowest BCUT2D eigenvalue weighted by Crippen LogP contribution is -2.15. The molecule has 0 saturated carbocycles. The molecular formula is C19H14F2N4O2S2. The minimum atomic E-state index is -0.829. The number of aromatic nitrogens is 3. The Hall–Kier alpha value is -2.98. The Morgan fingerprint density at radius 1 is 1.21 bits per heavy atom. The summed E-state index contributed by atoms with van der Waals surface area (Å²) in [4.78, 5) is 13.2. The van der Waals surface area contributed by atoms with Crippen molar-refractivity contribution in [2.24, 2.45) is 0 Å². The zero-order valence-electron chi connectivity index (χ0n) is 14.8. The lowest BCUT2D eigenvalue weighted by atomic mass is 10.3. The van der Waals surface area contributed by atoms with Crippen LogP contribution in [0.3, 0.4) is 0 Å². The Morgan fingerprint density at radius 2 is 2.10 bits per heavy atom. The van der Waals surface area contributed by atoms with Crippen molar-refractivity contribution in [3.63, 3.8) is 0 Å². The van der Waals surface area contributed by atoms with Gasteiger partial charge < -0.3 is 9.73 Å². The fourth-order valence-electron chi connectivity index (χ4n) is 2.59. The Bertz CT molecular complexity index is 1110. The molecule has 0 saturated heterocycles. The van der Waals surface area contributed by atoms with Crippen LogP contribution in [0.1, 0.15) is 5.76 Å². The molecule has 148 valence electrons. The Balaban J connectivity index is 1.50. The molecule has 4 aromatic rings. The van der Waals surface area contributed by atoms with Gasteiger partial charge in [-0.3, -0.25) is 9.36 Å². The third-order valence-electron chi connectivity index (χ3n) is 3.89. The number of rotatable bonds is 7. The van der Waals surface area contributed by atoms with Crippen molar-refractivity contribution in [3.05, 3.63) is 71.5 Å². The van der Waals surface area contributed by atoms with E-state index in [0.717, 1.165) is 22.8 Å². The summed E-state index contributed by atoms with van der Waals surface area (Å²) in [5, 5.41) is 13.4. The maximum atomic E-state index is 13.7. The van der Waals surface area contributed by atoms with E-state index in [1.54, 1.807) is 12.3 Å². The highest BCUT2D eigenvalue weighted by molar-refractivity contribution is 7.99. The van der Waals surface area contributed by atoms with Gasteiger partial charge in [0.15, 0.2) is 11.0 Å². The number of halogens is 2. The number of amides is 1. The first-order valence-electron chi connectivity index (χ1n) is 8.47. The number of nitrogens with zero attached hydrogens (tertiary/aromatic N) is 3. The molecule has 0 radical (unpaired) electrons. The summed E-state index contributed by atoms with van der Waals surface area (Å²) in [7, 11) is 0. The molecule has 1 N–H and O–H groups in total. The molecule has 4 rings (SSSR count). The van der Waals surface area contributed by atoms with Gasteiger partial charge in [0.05, 0.1) is 29.1 Å². The molecule has 3 heterocycles. The van der Waals surface area contributed by atoms with Gasteiger partial charge in [0.2, 0.25) is 5.91 Å². The van der Waals surface area contributed by atoms with E-state index in [1.807, 2.05) is 28.1 Å². The molecule has 0 spiro atoms. The number of thiophene rings is 1. The van der Waals surface area contributed by atoms with Gasteiger partial charge in [-0.25, -0.2) is 8.78 Å². The Morgan fingerprint density at radius 3 is 2.83 bits per heavy atom. The topological polar surface area (TPSA) is 73.0 Å². The molecule has 0 bridgehead atoms. The van der Waals surface area contributed by atoms with E-state index in [4.69, 9.17) is 4.42 Å². The zero-order chi connectivity index (χ0) is 20.2. The third kappa shape index (κ3) is 4.54. The fraction of sp³-hybridized carbons (Fsp3) is 0.105. The van der Waals surface area contributed by atoms with Gasteiger partial charge in [-0.2, -0.15) is 0 Å². The quantitative estimate of drug-likeness (QED) is 0.430. The summed E-state index contributed by atoms with van der Waals surface area (Å²) in [5.74, 6) is -0.597. The van der Waals surface area contributed by atoms with Gasteiger partial charge in [0.25, 0.3) is 0 Å². The average Bonchev–Trinajstić information content (AvgIpc) is 3.45. The molecule has 3 aromatic heterocycles. The summed E-state index contributed by atoms with van der Waals surface area (Å²) in [6.45, 7) is 0.407. The number of thioether (sulfide) groups is 1. The summed E-state index contributed by atoms with van der Waals surface area (Å²) in [5.41, 5.74) is -0.0756. The van der Waals surface area contributed by atoms with Gasteiger partial charge in [0.1, 0.15) is 17.4 Å². The second-order valence-corrected chi connectivity index (χ2v) is 7.80. The molecule has 0 atom stereocenters. The van der Waals surface area contributed by atoms with Crippen LogP contribution in [-0.2, 0) is 11.3 Å². The number of furan rings is 1. The van der Waals surface area contributed by atoms with Crippen LogP contribution < -0.4 is 5.32 Å². The highest BCUT2D eigenvalue weighted by atomic mass is 32.2. The second-order valence-electron chi connectivity index (χ2n) is 5.91. The maximum absolute atomic E-state index is 13.7. The predicted molar refractivity (Wildman–Crippen MR) is 107 cm³/mol. The molecule has 0 unspecified atom stereocenters. The van der Waals surface area contributed by atoms with E-state index in [1.165, 1.54) is 29.2 Å². The molecule has 0 aliphatic heterocycles. The van der Waals surface area contributed by atoms with Crippen LogP contribution in [0, 0.1) is 11.6 Å². The van der Waals surface area contributed by atoms with Crippen molar-refractivity contribution in [2.45, 2.75) is 11.7 Å². The number of nitrogens with one attached hydrogen (secondary N) is 1. The van der Waals surface area contributed by atoms with Crippen molar-refractivity contribution in [1.82, 2.24) is 14.8 Å². The van der Waals surface area contributed by atoms with Crippen LogP contribution >= 0.6 is 23.1 Å². The third-order valence-corrected chi connectivity index (χ3v) is 5.72. The summed E-state index contributed by atoms with van der Waals surface area (Å²) in [6, 6.07) is 10.5. The normalized spacial score (nSPS) is 11.0. The number of anilines is 1. The van der Waals surface area contributed by atoms with Crippen molar-refractivity contribution in [2.75, 3.05) is 11.1 Å². The van der Waals surface area contributed by atoms with Crippen LogP contribution in [0.15, 0.2) is 63.7 Å². The fourth-order valence-corrected chi connectivity index (χ4v) is 4.05. The van der Waals surface area contributed by atoms with Crippen molar-refractivity contribution in [1.29, 1.82) is 0 Å². The molecule has 1 aromatic carbocycles. The number of hydrogen-bond acceptors (Lipinski definition) is 6. The van der Waals surface area contributed by atoms with Gasteiger partial charge in [-0.15, -0.1) is 21.5 Å². The predicted octanol–water partition coefficient (Wildman–Crippen LogP) is 4.66. The smallest absolute Gasteiger partial charge is 0.234 e. The van der Waals surface area contributed by atoms with Gasteiger partial charge in [-0.1, -0.05) is 17.8 Å². The molecule has 0 fully saturated rings. The highest BCUT2D eigenvalue weighted by Gasteiger charge is 2.18. The largest absolute Gasteiger partial charge is 0.467 e. The van der Waals surface area contributed by atoms with Gasteiger partial charge in [0, 0.05) is 6.07 Å². The van der Waals surface area contributed by atoms with E-state index >= 15 is 0 Å². The molecule has 10 heteroatoms. The van der Waals surface area contributed by atoms with Crippen molar-refractivity contribution < 1.29 is 18.0 Å². The Kier molecular flexibility index (Phi) is 5.72. The highest BCUT2D eigenvalue weighted by Crippen LogP contribution is 2.28. The lowest BCUT2D eigenvalue weighted by molar-refractivity contribution is -0.113. The summed E-state index contributed by atoms with van der Waals surface area (Å²) in [6.07, 6.45) is 1.59. The molecule has 0 aliphatic carbocycles. The van der Waals surface area contributed by atoms with E-state index in [2.05, 4.69) is 15.5 Å². The number of benzene rings is 1. The van der Waals surface area contributed by atoms with Crippen LogP contribution in [0.5, 0.6) is 0 Å². The van der Waals surface area contributed by atoms with Crippen LogP contribution in [0.25, 0.3) is 10.7 Å². The molecule has 6 nitrogen and oxygen atoms in total. The molecular weight excluding hydrogens is 418 g/mol. The monoisotopic (exact) mass is 432 g/mol. The lowest BCUT2D eigenvalue weighted by Gasteiger charge is -2.09. The Labute approximate surface area is 172 Å². The minimum absolute atomic E-state index is 0.0163. The second kappa shape index (κ2) is 8.58. The maximum Gasteiger partial charge on any atom is 0.234 e. The zero-order valence-corrected chi connectivity index (χ0v) is 16.5. The molecule has 29 heavy (non-hydrogen) atoms. The van der Waals surface area contributed by atoms with Gasteiger partial charge >= 0.3 is 0 Å². The number of carbonyl (C=O) groups excluding carboxylic acids is 1. The average molecular weight is 432 g/mol.